The lowest BCUT2D eigenvalue weighted by molar-refractivity contribution is -0.117. The minimum absolute atomic E-state index is 0.197. The van der Waals surface area contributed by atoms with Gasteiger partial charge in [-0.2, -0.15) is 5.10 Å². The zero-order valence-electron chi connectivity index (χ0n) is 10.4. The van der Waals surface area contributed by atoms with Gasteiger partial charge in [-0.25, -0.2) is 0 Å². The van der Waals surface area contributed by atoms with Gasteiger partial charge in [0.05, 0.1) is 18.7 Å². The van der Waals surface area contributed by atoms with E-state index in [1.165, 1.54) is 0 Å². The molecule has 0 amide bonds. The summed E-state index contributed by atoms with van der Waals surface area (Å²) in [7, 11) is 0. The van der Waals surface area contributed by atoms with Gasteiger partial charge in [0, 0.05) is 12.2 Å². The maximum atomic E-state index is 11.6. The van der Waals surface area contributed by atoms with E-state index in [-0.39, 0.29) is 5.78 Å². The minimum Gasteiger partial charge on any atom is -0.310 e. The van der Waals surface area contributed by atoms with E-state index in [1.54, 1.807) is 0 Å². The second kappa shape index (κ2) is 6.43. The summed E-state index contributed by atoms with van der Waals surface area (Å²) in [4.78, 5) is 11.6. The molecule has 16 heavy (non-hydrogen) atoms. The van der Waals surface area contributed by atoms with Crippen LogP contribution in [0.15, 0.2) is 12.3 Å². The van der Waals surface area contributed by atoms with Gasteiger partial charge in [-0.15, -0.1) is 0 Å². The molecule has 0 saturated heterocycles. The average molecular weight is 223 g/mol. The second-order valence-corrected chi connectivity index (χ2v) is 4.27. The van der Waals surface area contributed by atoms with Crippen LogP contribution in [0.5, 0.6) is 0 Å². The van der Waals surface area contributed by atoms with E-state index in [1.807, 2.05) is 16.9 Å². The standard InChI is InChI=1S/C12H21N3O/c1-4-6-13-9-12(16)8-11-5-7-15(14-11)10(2)3/h5,7,10,13H,4,6,8-9H2,1-3H3. The Labute approximate surface area is 97.0 Å². The van der Waals surface area contributed by atoms with Gasteiger partial charge in [0.2, 0.25) is 0 Å². The van der Waals surface area contributed by atoms with Crippen LogP contribution in [0.2, 0.25) is 0 Å². The van der Waals surface area contributed by atoms with E-state index >= 15 is 0 Å². The highest BCUT2D eigenvalue weighted by atomic mass is 16.1. The van der Waals surface area contributed by atoms with Crippen LogP contribution in [-0.4, -0.2) is 28.7 Å². The molecule has 0 fully saturated rings. The summed E-state index contributed by atoms with van der Waals surface area (Å²) in [6.45, 7) is 7.57. The fourth-order valence-corrected chi connectivity index (χ4v) is 1.43. The van der Waals surface area contributed by atoms with Crippen LogP contribution in [0.25, 0.3) is 0 Å². The maximum Gasteiger partial charge on any atom is 0.152 e. The molecule has 0 aliphatic rings. The van der Waals surface area contributed by atoms with Crippen molar-refractivity contribution in [1.29, 1.82) is 0 Å². The number of aromatic nitrogens is 2. The molecule has 1 N–H and O–H groups in total. The van der Waals surface area contributed by atoms with Gasteiger partial charge in [0.15, 0.2) is 5.78 Å². The van der Waals surface area contributed by atoms with E-state index < -0.39 is 0 Å². The fraction of sp³-hybridized carbons (Fsp3) is 0.667. The van der Waals surface area contributed by atoms with Gasteiger partial charge in [-0.3, -0.25) is 9.48 Å². The summed E-state index contributed by atoms with van der Waals surface area (Å²) >= 11 is 0. The van der Waals surface area contributed by atoms with Crippen LogP contribution >= 0.6 is 0 Å². The molecular formula is C12H21N3O. The third-order valence-corrected chi connectivity index (χ3v) is 2.32. The highest BCUT2D eigenvalue weighted by Crippen LogP contribution is 2.04. The highest BCUT2D eigenvalue weighted by Gasteiger charge is 2.07. The Morgan fingerprint density at radius 3 is 2.88 bits per heavy atom. The molecule has 1 rings (SSSR count). The topological polar surface area (TPSA) is 46.9 Å². The third kappa shape index (κ3) is 4.14. The van der Waals surface area contributed by atoms with E-state index in [0.29, 0.717) is 19.0 Å². The van der Waals surface area contributed by atoms with Crippen molar-refractivity contribution in [1.82, 2.24) is 15.1 Å². The second-order valence-electron chi connectivity index (χ2n) is 4.27. The van der Waals surface area contributed by atoms with Gasteiger partial charge in [0.25, 0.3) is 0 Å². The predicted molar refractivity (Wildman–Crippen MR) is 64.5 cm³/mol. The van der Waals surface area contributed by atoms with Crippen LogP contribution in [0.3, 0.4) is 0 Å². The molecule has 0 saturated carbocycles. The zero-order valence-corrected chi connectivity index (χ0v) is 10.4. The third-order valence-electron chi connectivity index (χ3n) is 2.32. The number of Topliss-reactive ketones (excluding diaryl/α,β-unsaturated/α-hetero) is 1. The molecule has 0 bridgehead atoms. The molecule has 0 atom stereocenters. The Kier molecular flexibility index (Phi) is 5.19. The van der Waals surface area contributed by atoms with Crippen molar-refractivity contribution in [3.8, 4) is 0 Å². The largest absolute Gasteiger partial charge is 0.310 e. The normalized spacial score (nSPS) is 11.0. The summed E-state index contributed by atoms with van der Waals surface area (Å²) in [6.07, 6.45) is 3.40. The summed E-state index contributed by atoms with van der Waals surface area (Å²) in [5.41, 5.74) is 0.858. The molecule has 0 aliphatic carbocycles. The number of carbonyl (C=O) groups excluding carboxylic acids is 1. The monoisotopic (exact) mass is 223 g/mol. The van der Waals surface area contributed by atoms with Gasteiger partial charge in [-0.1, -0.05) is 6.92 Å². The van der Waals surface area contributed by atoms with Crippen LogP contribution < -0.4 is 5.32 Å². The Morgan fingerprint density at radius 1 is 1.56 bits per heavy atom. The highest BCUT2D eigenvalue weighted by molar-refractivity contribution is 5.82. The summed E-state index contributed by atoms with van der Waals surface area (Å²) in [5.74, 6) is 0.197. The van der Waals surface area contributed by atoms with Crippen molar-refractivity contribution in [2.45, 2.75) is 39.7 Å². The number of nitrogens with one attached hydrogen (secondary N) is 1. The molecule has 0 aromatic carbocycles. The molecule has 4 heteroatoms. The Balaban J connectivity index is 2.37. The van der Waals surface area contributed by atoms with Gasteiger partial charge >= 0.3 is 0 Å². The molecule has 0 radical (unpaired) electrons. The van der Waals surface area contributed by atoms with Crippen molar-refractivity contribution in [2.75, 3.05) is 13.1 Å². The number of carbonyl (C=O) groups is 1. The molecule has 4 nitrogen and oxygen atoms in total. The molecular weight excluding hydrogens is 202 g/mol. The number of hydrogen-bond donors (Lipinski definition) is 1. The summed E-state index contributed by atoms with van der Waals surface area (Å²) < 4.78 is 1.88. The summed E-state index contributed by atoms with van der Waals surface area (Å²) in [5, 5.41) is 7.45. The van der Waals surface area contributed by atoms with Gasteiger partial charge < -0.3 is 5.32 Å². The van der Waals surface area contributed by atoms with Crippen LogP contribution in [0.4, 0.5) is 0 Å². The zero-order chi connectivity index (χ0) is 12.0. The molecule has 1 aromatic heterocycles. The first-order valence-corrected chi connectivity index (χ1v) is 5.90. The Hall–Kier alpha value is -1.16. The SMILES string of the molecule is CCCNCC(=O)Cc1ccn(C(C)C)n1. The van der Waals surface area contributed by atoms with Crippen molar-refractivity contribution in [3.63, 3.8) is 0 Å². The molecule has 0 spiro atoms. The Morgan fingerprint density at radius 2 is 2.31 bits per heavy atom. The summed E-state index contributed by atoms with van der Waals surface area (Å²) in [6, 6.07) is 2.26. The molecule has 90 valence electrons. The number of hydrogen-bond acceptors (Lipinski definition) is 3. The van der Waals surface area contributed by atoms with Crippen molar-refractivity contribution < 1.29 is 4.79 Å². The van der Waals surface area contributed by atoms with Crippen molar-refractivity contribution in [3.05, 3.63) is 18.0 Å². The minimum atomic E-state index is 0.197. The lowest BCUT2D eigenvalue weighted by Crippen LogP contribution is -2.25. The molecule has 0 unspecified atom stereocenters. The first-order chi connectivity index (χ1) is 7.63. The maximum absolute atomic E-state index is 11.6. The lowest BCUT2D eigenvalue weighted by atomic mass is 10.2. The van der Waals surface area contributed by atoms with Crippen LogP contribution in [0.1, 0.15) is 38.9 Å². The van der Waals surface area contributed by atoms with E-state index in [4.69, 9.17) is 0 Å². The fourth-order valence-electron chi connectivity index (χ4n) is 1.43. The van der Waals surface area contributed by atoms with Gasteiger partial charge in [0.1, 0.15) is 0 Å². The Bertz CT molecular complexity index is 331. The van der Waals surface area contributed by atoms with Crippen molar-refractivity contribution >= 4 is 5.78 Å². The predicted octanol–water partition coefficient (Wildman–Crippen LogP) is 1.58. The quantitative estimate of drug-likeness (QED) is 0.714. The van der Waals surface area contributed by atoms with E-state index in [9.17, 15) is 4.79 Å². The van der Waals surface area contributed by atoms with Crippen molar-refractivity contribution in [2.24, 2.45) is 0 Å². The molecule has 0 aliphatic heterocycles. The van der Waals surface area contributed by atoms with Crippen LogP contribution in [-0.2, 0) is 11.2 Å². The first kappa shape index (κ1) is 12.9. The number of rotatable bonds is 7. The lowest BCUT2D eigenvalue weighted by Gasteiger charge is -2.04. The molecule has 1 aromatic rings. The molecule has 1 heterocycles. The number of nitrogens with zero attached hydrogens (tertiary/aromatic N) is 2. The van der Waals surface area contributed by atoms with E-state index in [2.05, 4.69) is 31.2 Å². The number of ketones is 1. The van der Waals surface area contributed by atoms with Gasteiger partial charge in [-0.05, 0) is 32.9 Å². The first-order valence-electron chi connectivity index (χ1n) is 5.90. The van der Waals surface area contributed by atoms with E-state index in [0.717, 1.165) is 18.7 Å². The average Bonchev–Trinajstić information content (AvgIpc) is 2.66. The smallest absolute Gasteiger partial charge is 0.152 e. The van der Waals surface area contributed by atoms with Crippen LogP contribution in [0, 0.1) is 0 Å².